The maximum atomic E-state index is 13.0. The first-order valence-electron chi connectivity index (χ1n) is 9.16. The number of carbonyl (C=O) groups is 1. The number of aliphatic hydroxyl groups is 1. The SMILES string of the molecule is Cl.O=C(NCC1=CCNCC1)C(O)(c1ccccc1)C1CCCCC1. The molecule has 0 bridgehead atoms. The van der Waals surface area contributed by atoms with Crippen molar-refractivity contribution in [3.8, 4) is 0 Å². The van der Waals surface area contributed by atoms with Gasteiger partial charge >= 0.3 is 0 Å². The van der Waals surface area contributed by atoms with Crippen molar-refractivity contribution >= 4 is 18.3 Å². The Hall–Kier alpha value is -1.36. The maximum Gasteiger partial charge on any atom is 0.257 e. The van der Waals surface area contributed by atoms with Gasteiger partial charge in [0.15, 0.2) is 5.60 Å². The Balaban J connectivity index is 0.00000225. The molecule has 3 rings (SSSR count). The Kier molecular flexibility index (Phi) is 7.48. The second kappa shape index (κ2) is 9.37. The molecule has 0 aromatic heterocycles. The van der Waals surface area contributed by atoms with Crippen LogP contribution in [0.15, 0.2) is 42.0 Å². The van der Waals surface area contributed by atoms with Crippen LogP contribution in [0.25, 0.3) is 0 Å². The molecular weight excluding hydrogens is 336 g/mol. The lowest BCUT2D eigenvalue weighted by Gasteiger charge is -2.37. The van der Waals surface area contributed by atoms with Crippen molar-refractivity contribution in [2.45, 2.75) is 44.1 Å². The van der Waals surface area contributed by atoms with Crippen LogP contribution in [0.4, 0.5) is 0 Å². The quantitative estimate of drug-likeness (QED) is 0.704. The molecule has 1 unspecified atom stereocenters. The van der Waals surface area contributed by atoms with Gasteiger partial charge in [0.2, 0.25) is 0 Å². The number of halogens is 1. The fourth-order valence-electron chi connectivity index (χ4n) is 3.92. The van der Waals surface area contributed by atoms with E-state index in [0.29, 0.717) is 12.1 Å². The molecule has 25 heavy (non-hydrogen) atoms. The van der Waals surface area contributed by atoms with Gasteiger partial charge in [-0.25, -0.2) is 0 Å². The van der Waals surface area contributed by atoms with Gasteiger partial charge in [0.25, 0.3) is 5.91 Å². The number of carbonyl (C=O) groups excluding carboxylic acids is 1. The highest BCUT2D eigenvalue weighted by Crippen LogP contribution is 2.39. The fraction of sp³-hybridized carbons (Fsp3) is 0.550. The van der Waals surface area contributed by atoms with E-state index in [4.69, 9.17) is 0 Å². The standard InChI is InChI=1S/C20H28N2O2.ClH/c23-19(22-15-16-11-13-21-14-12-16)20(24,17-7-3-1-4-8-17)18-9-5-2-6-10-18;/h1,3-4,7-8,11,18,21,24H,2,5-6,9-10,12-15H2,(H,22,23);1H. The number of amides is 1. The number of nitrogens with one attached hydrogen (secondary N) is 2. The molecule has 5 heteroatoms. The lowest BCUT2D eigenvalue weighted by molar-refractivity contribution is -0.149. The minimum atomic E-state index is -1.42. The highest BCUT2D eigenvalue weighted by atomic mass is 35.5. The normalized spacial score (nSPS) is 20.8. The maximum absolute atomic E-state index is 13.0. The van der Waals surface area contributed by atoms with Crippen LogP contribution in [-0.2, 0) is 10.4 Å². The molecule has 1 amide bonds. The number of hydrogen-bond acceptors (Lipinski definition) is 3. The predicted molar refractivity (Wildman–Crippen MR) is 103 cm³/mol. The van der Waals surface area contributed by atoms with Crippen molar-refractivity contribution in [2.75, 3.05) is 19.6 Å². The summed E-state index contributed by atoms with van der Waals surface area (Å²) in [6, 6.07) is 9.45. The molecule has 2 aliphatic rings. The highest BCUT2D eigenvalue weighted by Gasteiger charge is 2.45. The van der Waals surface area contributed by atoms with E-state index in [9.17, 15) is 9.90 Å². The van der Waals surface area contributed by atoms with Crippen LogP contribution in [0.3, 0.4) is 0 Å². The molecule has 1 atom stereocenters. The number of benzene rings is 1. The Bertz CT molecular complexity index is 585. The first-order chi connectivity index (χ1) is 11.7. The van der Waals surface area contributed by atoms with Crippen LogP contribution in [-0.4, -0.2) is 30.6 Å². The monoisotopic (exact) mass is 364 g/mol. The van der Waals surface area contributed by atoms with Gasteiger partial charge in [0, 0.05) is 19.0 Å². The third-order valence-electron chi connectivity index (χ3n) is 5.39. The lowest BCUT2D eigenvalue weighted by Crippen LogP contribution is -2.50. The van der Waals surface area contributed by atoms with E-state index in [0.717, 1.165) is 45.2 Å². The third-order valence-corrected chi connectivity index (χ3v) is 5.39. The Labute approximate surface area is 156 Å². The Morgan fingerprint density at radius 3 is 2.56 bits per heavy atom. The van der Waals surface area contributed by atoms with E-state index in [-0.39, 0.29) is 24.2 Å². The van der Waals surface area contributed by atoms with Gasteiger partial charge in [0.1, 0.15) is 0 Å². The summed E-state index contributed by atoms with van der Waals surface area (Å²) in [5.74, 6) is -0.254. The molecule has 138 valence electrons. The van der Waals surface area contributed by atoms with E-state index in [2.05, 4.69) is 16.7 Å². The van der Waals surface area contributed by atoms with E-state index >= 15 is 0 Å². The summed E-state index contributed by atoms with van der Waals surface area (Å²) in [5.41, 5.74) is 0.532. The molecule has 0 saturated heterocycles. The summed E-state index contributed by atoms with van der Waals surface area (Å²) in [5, 5.41) is 17.7. The summed E-state index contributed by atoms with van der Waals surface area (Å²) in [4.78, 5) is 13.0. The Morgan fingerprint density at radius 1 is 1.20 bits per heavy atom. The van der Waals surface area contributed by atoms with Crippen LogP contribution in [0.5, 0.6) is 0 Å². The van der Waals surface area contributed by atoms with E-state index in [1.807, 2.05) is 30.3 Å². The molecule has 1 aliphatic carbocycles. The van der Waals surface area contributed by atoms with E-state index in [1.165, 1.54) is 12.0 Å². The summed E-state index contributed by atoms with van der Waals surface area (Å²) < 4.78 is 0. The second-order valence-corrected chi connectivity index (χ2v) is 6.97. The van der Waals surface area contributed by atoms with Crippen molar-refractivity contribution in [1.29, 1.82) is 0 Å². The summed E-state index contributed by atoms with van der Waals surface area (Å²) in [6.45, 7) is 2.34. The molecule has 0 spiro atoms. The van der Waals surface area contributed by atoms with Crippen LogP contribution >= 0.6 is 12.4 Å². The number of rotatable bonds is 5. The summed E-state index contributed by atoms with van der Waals surface area (Å²) in [6.07, 6.45) is 8.27. The van der Waals surface area contributed by atoms with Gasteiger partial charge < -0.3 is 15.7 Å². The van der Waals surface area contributed by atoms with Gasteiger partial charge in [-0.3, -0.25) is 4.79 Å². The zero-order valence-corrected chi connectivity index (χ0v) is 15.5. The molecule has 1 aromatic rings. The average molecular weight is 365 g/mol. The van der Waals surface area contributed by atoms with Crippen molar-refractivity contribution in [3.63, 3.8) is 0 Å². The van der Waals surface area contributed by atoms with Gasteiger partial charge in [-0.05, 0) is 31.4 Å². The first kappa shape index (κ1) is 20.0. The fourth-order valence-corrected chi connectivity index (χ4v) is 3.92. The predicted octanol–water partition coefficient (Wildman–Crippen LogP) is 2.91. The van der Waals surface area contributed by atoms with Crippen molar-refractivity contribution in [3.05, 3.63) is 47.5 Å². The van der Waals surface area contributed by atoms with Gasteiger partial charge in [-0.1, -0.05) is 61.2 Å². The molecule has 1 heterocycles. The largest absolute Gasteiger partial charge is 0.375 e. The van der Waals surface area contributed by atoms with Crippen molar-refractivity contribution in [1.82, 2.24) is 10.6 Å². The smallest absolute Gasteiger partial charge is 0.257 e. The minimum Gasteiger partial charge on any atom is -0.375 e. The highest BCUT2D eigenvalue weighted by molar-refractivity contribution is 5.87. The Morgan fingerprint density at radius 2 is 1.92 bits per heavy atom. The van der Waals surface area contributed by atoms with E-state index < -0.39 is 5.60 Å². The molecule has 1 saturated carbocycles. The van der Waals surface area contributed by atoms with Crippen molar-refractivity contribution in [2.24, 2.45) is 5.92 Å². The van der Waals surface area contributed by atoms with Crippen LogP contribution in [0.2, 0.25) is 0 Å². The second-order valence-electron chi connectivity index (χ2n) is 6.97. The summed E-state index contributed by atoms with van der Waals surface area (Å²) >= 11 is 0. The zero-order chi connectivity index (χ0) is 16.8. The van der Waals surface area contributed by atoms with Gasteiger partial charge in [-0.2, -0.15) is 0 Å². The molecule has 4 nitrogen and oxygen atoms in total. The van der Waals surface area contributed by atoms with Crippen LogP contribution in [0, 0.1) is 5.92 Å². The minimum absolute atomic E-state index is 0. The van der Waals surface area contributed by atoms with Gasteiger partial charge in [-0.15, -0.1) is 12.4 Å². The lowest BCUT2D eigenvalue weighted by atomic mass is 9.73. The number of hydrogen-bond donors (Lipinski definition) is 3. The van der Waals surface area contributed by atoms with Gasteiger partial charge in [0.05, 0.1) is 0 Å². The average Bonchev–Trinajstić information content (AvgIpc) is 2.67. The van der Waals surface area contributed by atoms with Crippen molar-refractivity contribution < 1.29 is 9.90 Å². The molecule has 1 aromatic carbocycles. The molecule has 1 fully saturated rings. The molecule has 0 radical (unpaired) electrons. The van der Waals surface area contributed by atoms with Crippen LogP contribution in [0.1, 0.15) is 44.1 Å². The molecular formula is C20H29ClN2O2. The van der Waals surface area contributed by atoms with E-state index in [1.54, 1.807) is 0 Å². The summed E-state index contributed by atoms with van der Waals surface area (Å²) in [7, 11) is 0. The third kappa shape index (κ3) is 4.63. The van der Waals surface area contributed by atoms with Crippen LogP contribution < -0.4 is 10.6 Å². The topological polar surface area (TPSA) is 61.4 Å². The first-order valence-corrected chi connectivity index (χ1v) is 9.16. The molecule has 3 N–H and O–H groups in total. The molecule has 1 aliphatic heterocycles. The zero-order valence-electron chi connectivity index (χ0n) is 14.7.